The first-order valence-corrected chi connectivity index (χ1v) is 5.30. The van der Waals surface area contributed by atoms with Crippen molar-refractivity contribution in [3.8, 4) is 0 Å². The molecule has 2 rings (SSSR count). The molecule has 1 heterocycles. The van der Waals surface area contributed by atoms with Gasteiger partial charge in [-0.3, -0.25) is 5.32 Å². The van der Waals surface area contributed by atoms with Crippen molar-refractivity contribution in [2.45, 2.75) is 13.2 Å². The Labute approximate surface area is 95.2 Å². The van der Waals surface area contributed by atoms with E-state index in [-0.39, 0.29) is 6.23 Å². The van der Waals surface area contributed by atoms with Crippen LogP contribution in [0.15, 0.2) is 18.2 Å². The summed E-state index contributed by atoms with van der Waals surface area (Å²) in [6.07, 6.45) is -0.0771. The third-order valence-electron chi connectivity index (χ3n) is 2.93. The number of nitrogens with zero attached hydrogens (tertiary/aromatic N) is 2. The van der Waals surface area contributed by atoms with Gasteiger partial charge in [0.05, 0.1) is 11.0 Å². The molecule has 0 amide bonds. The summed E-state index contributed by atoms with van der Waals surface area (Å²) in [5, 5.41) is 3.10. The molecule has 1 aromatic carbocycles. The Morgan fingerprint density at radius 1 is 1.44 bits per heavy atom. The van der Waals surface area contributed by atoms with Gasteiger partial charge in [-0.25, -0.2) is 4.98 Å². The zero-order valence-corrected chi connectivity index (χ0v) is 10.1. The number of hydrogen-bond donors (Lipinski definition) is 1. The number of aryl methyl sites for hydroxylation is 2. The molecule has 0 bridgehead atoms. The van der Waals surface area contributed by atoms with Crippen molar-refractivity contribution in [3.63, 3.8) is 0 Å². The minimum absolute atomic E-state index is 0.0771. The van der Waals surface area contributed by atoms with E-state index in [1.807, 2.05) is 21.0 Å². The average Bonchev–Trinajstić information content (AvgIpc) is 2.56. The normalized spacial score (nSPS) is 13.2. The Kier molecular flexibility index (Phi) is 2.94. The van der Waals surface area contributed by atoms with Crippen LogP contribution in [0.5, 0.6) is 0 Å². The molecule has 1 N–H and O–H groups in total. The van der Waals surface area contributed by atoms with Crippen molar-refractivity contribution in [1.82, 2.24) is 14.9 Å². The predicted molar refractivity (Wildman–Crippen MR) is 64.3 cm³/mol. The molecule has 4 nitrogen and oxygen atoms in total. The third-order valence-corrected chi connectivity index (χ3v) is 2.93. The molecule has 4 heteroatoms. The molecule has 0 aliphatic rings. The monoisotopic (exact) mass is 219 g/mol. The van der Waals surface area contributed by atoms with Gasteiger partial charge in [0.2, 0.25) is 0 Å². The highest BCUT2D eigenvalue weighted by Crippen LogP contribution is 2.20. The maximum absolute atomic E-state index is 5.33. The van der Waals surface area contributed by atoms with E-state index in [0.717, 1.165) is 22.4 Å². The molecule has 0 fully saturated rings. The molecule has 1 aromatic heterocycles. The highest BCUT2D eigenvalue weighted by molar-refractivity contribution is 5.76. The van der Waals surface area contributed by atoms with Crippen LogP contribution >= 0.6 is 0 Å². The van der Waals surface area contributed by atoms with Gasteiger partial charge < -0.3 is 9.30 Å². The first-order chi connectivity index (χ1) is 7.67. The van der Waals surface area contributed by atoms with E-state index >= 15 is 0 Å². The maximum Gasteiger partial charge on any atom is 0.133 e. The van der Waals surface area contributed by atoms with E-state index in [2.05, 4.69) is 33.1 Å². The van der Waals surface area contributed by atoms with Crippen LogP contribution in [-0.2, 0) is 11.8 Å². The van der Waals surface area contributed by atoms with Gasteiger partial charge in [-0.2, -0.15) is 0 Å². The van der Waals surface area contributed by atoms with Crippen LogP contribution in [0.25, 0.3) is 11.0 Å². The Bertz CT molecular complexity index is 500. The second kappa shape index (κ2) is 4.23. The van der Waals surface area contributed by atoms with Gasteiger partial charge in [0.15, 0.2) is 0 Å². The van der Waals surface area contributed by atoms with Crippen LogP contribution in [0.4, 0.5) is 0 Å². The number of fused-ring (bicyclic) bond motifs is 1. The molecule has 0 aliphatic carbocycles. The standard InChI is InChI=1S/C12H17N3O/c1-8-14-10-7-9(12(13-2)16-4)5-6-11(10)15(8)3/h5-7,12-13H,1-4H3. The molecule has 0 spiro atoms. The summed E-state index contributed by atoms with van der Waals surface area (Å²) >= 11 is 0. The van der Waals surface area contributed by atoms with E-state index in [1.165, 1.54) is 0 Å². The van der Waals surface area contributed by atoms with Crippen LogP contribution in [-0.4, -0.2) is 23.7 Å². The number of ether oxygens (including phenoxy) is 1. The lowest BCUT2D eigenvalue weighted by atomic mass is 10.1. The molecule has 86 valence electrons. The van der Waals surface area contributed by atoms with E-state index in [0.29, 0.717) is 0 Å². The summed E-state index contributed by atoms with van der Waals surface area (Å²) in [6.45, 7) is 2.01. The van der Waals surface area contributed by atoms with Gasteiger partial charge in [-0.05, 0) is 31.7 Å². The molecular weight excluding hydrogens is 202 g/mol. The zero-order chi connectivity index (χ0) is 11.7. The highest BCUT2D eigenvalue weighted by atomic mass is 16.5. The van der Waals surface area contributed by atoms with Crippen molar-refractivity contribution in [3.05, 3.63) is 29.6 Å². The lowest BCUT2D eigenvalue weighted by Gasteiger charge is -2.14. The fraction of sp³-hybridized carbons (Fsp3) is 0.417. The Morgan fingerprint density at radius 3 is 2.81 bits per heavy atom. The molecule has 16 heavy (non-hydrogen) atoms. The lowest BCUT2D eigenvalue weighted by Crippen LogP contribution is -2.17. The topological polar surface area (TPSA) is 39.1 Å². The van der Waals surface area contributed by atoms with Gasteiger partial charge in [0.1, 0.15) is 12.1 Å². The number of imidazole rings is 1. The van der Waals surface area contributed by atoms with Gasteiger partial charge >= 0.3 is 0 Å². The summed E-state index contributed by atoms with van der Waals surface area (Å²) in [6, 6.07) is 6.20. The van der Waals surface area contributed by atoms with Gasteiger partial charge in [0, 0.05) is 14.2 Å². The maximum atomic E-state index is 5.33. The summed E-state index contributed by atoms with van der Waals surface area (Å²) < 4.78 is 7.41. The molecule has 0 saturated carbocycles. The van der Waals surface area contributed by atoms with E-state index in [1.54, 1.807) is 7.11 Å². The fourth-order valence-electron chi connectivity index (χ4n) is 1.92. The number of methoxy groups -OCH3 is 1. The summed E-state index contributed by atoms with van der Waals surface area (Å²) in [5.41, 5.74) is 3.25. The Balaban J connectivity index is 2.52. The first-order valence-electron chi connectivity index (χ1n) is 5.30. The number of benzene rings is 1. The zero-order valence-electron chi connectivity index (χ0n) is 10.1. The molecule has 0 saturated heterocycles. The van der Waals surface area contributed by atoms with Crippen molar-refractivity contribution in [1.29, 1.82) is 0 Å². The van der Waals surface area contributed by atoms with Crippen LogP contribution in [0, 0.1) is 6.92 Å². The Hall–Kier alpha value is -1.39. The first kappa shape index (κ1) is 11.1. The number of nitrogens with one attached hydrogen (secondary N) is 1. The van der Waals surface area contributed by atoms with E-state index in [9.17, 15) is 0 Å². The predicted octanol–water partition coefficient (Wildman–Crippen LogP) is 1.75. The summed E-state index contributed by atoms with van der Waals surface area (Å²) in [7, 11) is 5.59. The smallest absolute Gasteiger partial charge is 0.133 e. The van der Waals surface area contributed by atoms with Crippen LogP contribution in [0.2, 0.25) is 0 Å². The molecule has 2 aromatic rings. The number of aromatic nitrogens is 2. The van der Waals surface area contributed by atoms with Crippen LogP contribution in [0.3, 0.4) is 0 Å². The van der Waals surface area contributed by atoms with Gasteiger partial charge in [-0.1, -0.05) is 6.07 Å². The third kappa shape index (κ3) is 1.70. The molecule has 1 unspecified atom stereocenters. The number of hydrogen-bond acceptors (Lipinski definition) is 3. The molecular formula is C12H17N3O. The minimum atomic E-state index is -0.0771. The van der Waals surface area contributed by atoms with E-state index in [4.69, 9.17) is 4.74 Å². The average molecular weight is 219 g/mol. The Morgan fingerprint density at radius 2 is 2.19 bits per heavy atom. The summed E-state index contributed by atoms with van der Waals surface area (Å²) in [4.78, 5) is 4.50. The molecule has 0 radical (unpaired) electrons. The van der Waals surface area contributed by atoms with Crippen molar-refractivity contribution in [2.24, 2.45) is 7.05 Å². The van der Waals surface area contributed by atoms with Crippen LogP contribution < -0.4 is 5.32 Å². The second-order valence-corrected chi connectivity index (χ2v) is 3.87. The van der Waals surface area contributed by atoms with Gasteiger partial charge in [-0.15, -0.1) is 0 Å². The fourth-order valence-corrected chi connectivity index (χ4v) is 1.92. The quantitative estimate of drug-likeness (QED) is 0.799. The summed E-state index contributed by atoms with van der Waals surface area (Å²) in [5.74, 6) is 1.02. The van der Waals surface area contributed by atoms with Crippen LogP contribution in [0.1, 0.15) is 17.6 Å². The van der Waals surface area contributed by atoms with Gasteiger partial charge in [0.25, 0.3) is 0 Å². The molecule has 1 atom stereocenters. The van der Waals surface area contributed by atoms with Crippen molar-refractivity contribution in [2.75, 3.05) is 14.2 Å². The lowest BCUT2D eigenvalue weighted by molar-refractivity contribution is 0.0810. The van der Waals surface area contributed by atoms with E-state index < -0.39 is 0 Å². The van der Waals surface area contributed by atoms with Crippen molar-refractivity contribution < 1.29 is 4.74 Å². The number of rotatable bonds is 3. The minimum Gasteiger partial charge on any atom is -0.362 e. The largest absolute Gasteiger partial charge is 0.362 e. The second-order valence-electron chi connectivity index (χ2n) is 3.87. The SMILES string of the molecule is CNC(OC)c1ccc2c(c1)nc(C)n2C. The molecule has 0 aliphatic heterocycles. The van der Waals surface area contributed by atoms with Crippen molar-refractivity contribution >= 4 is 11.0 Å². The highest BCUT2D eigenvalue weighted by Gasteiger charge is 2.10.